The zero-order valence-corrected chi connectivity index (χ0v) is 14.4. The minimum absolute atomic E-state index is 0.0807. The zero-order valence-electron chi connectivity index (χ0n) is 14.4. The van der Waals surface area contributed by atoms with Crippen molar-refractivity contribution in [2.75, 3.05) is 5.32 Å². The van der Waals surface area contributed by atoms with Crippen molar-refractivity contribution >= 4 is 11.6 Å². The number of anilines is 1. The Bertz CT molecular complexity index is 842. The highest BCUT2D eigenvalue weighted by Crippen LogP contribution is 2.31. The van der Waals surface area contributed by atoms with Gasteiger partial charge in [-0.05, 0) is 43.7 Å². The maximum Gasteiger partial charge on any atom is 0.234 e. The number of amides is 1. The summed E-state index contributed by atoms with van der Waals surface area (Å²) in [4.78, 5) is 12.9. The Kier molecular flexibility index (Phi) is 4.85. The van der Waals surface area contributed by atoms with Crippen LogP contribution in [0.3, 0.4) is 0 Å². The third kappa shape index (κ3) is 3.89. The summed E-state index contributed by atoms with van der Waals surface area (Å²) in [5.41, 5.74) is 0.968. The Morgan fingerprint density at radius 2 is 1.36 bits per heavy atom. The van der Waals surface area contributed by atoms with Crippen molar-refractivity contribution in [1.29, 1.82) is 0 Å². The van der Waals surface area contributed by atoms with E-state index in [-0.39, 0.29) is 5.91 Å². The first kappa shape index (κ1) is 16.8. The van der Waals surface area contributed by atoms with Crippen LogP contribution in [0, 0.1) is 0 Å². The van der Waals surface area contributed by atoms with Crippen LogP contribution in [-0.4, -0.2) is 5.91 Å². The molecule has 0 radical (unpaired) electrons. The van der Waals surface area contributed by atoms with Gasteiger partial charge in [0, 0.05) is 0 Å². The van der Waals surface area contributed by atoms with E-state index in [1.54, 1.807) is 0 Å². The predicted molar refractivity (Wildman–Crippen MR) is 101 cm³/mol. The van der Waals surface area contributed by atoms with Crippen molar-refractivity contribution in [3.63, 3.8) is 0 Å². The lowest BCUT2D eigenvalue weighted by Crippen LogP contribution is -2.34. The van der Waals surface area contributed by atoms with E-state index in [2.05, 4.69) is 5.32 Å². The first-order chi connectivity index (χ1) is 12.1. The van der Waals surface area contributed by atoms with Gasteiger partial charge in [-0.1, -0.05) is 60.7 Å². The van der Waals surface area contributed by atoms with Crippen LogP contribution >= 0.6 is 0 Å². The predicted octanol–water partition coefficient (Wildman–Crippen LogP) is 5.40. The Hall–Kier alpha value is -3.07. The van der Waals surface area contributed by atoms with Crippen LogP contribution in [0.4, 0.5) is 5.69 Å². The molecule has 0 heterocycles. The molecule has 0 aliphatic heterocycles. The topological polar surface area (TPSA) is 38.3 Å². The van der Waals surface area contributed by atoms with Crippen molar-refractivity contribution in [2.45, 2.75) is 19.3 Å². The van der Waals surface area contributed by atoms with E-state index in [0.29, 0.717) is 11.4 Å². The molecular weight excluding hydrogens is 310 g/mol. The van der Waals surface area contributed by atoms with E-state index in [0.717, 1.165) is 11.3 Å². The normalized spacial score (nSPS) is 11.0. The third-order valence-corrected chi connectivity index (χ3v) is 4.17. The number of para-hydroxylation sites is 3. The Morgan fingerprint density at radius 3 is 2.04 bits per heavy atom. The van der Waals surface area contributed by atoms with Gasteiger partial charge in [0.15, 0.2) is 5.75 Å². The Morgan fingerprint density at radius 1 is 0.800 bits per heavy atom. The van der Waals surface area contributed by atoms with Gasteiger partial charge in [-0.25, -0.2) is 0 Å². The highest BCUT2D eigenvalue weighted by atomic mass is 16.5. The lowest BCUT2D eigenvalue weighted by atomic mass is 9.83. The third-order valence-electron chi connectivity index (χ3n) is 4.17. The summed E-state index contributed by atoms with van der Waals surface area (Å²) >= 11 is 0. The summed E-state index contributed by atoms with van der Waals surface area (Å²) in [6.45, 7) is 3.83. The molecule has 0 fully saturated rings. The molecule has 25 heavy (non-hydrogen) atoms. The molecule has 0 aliphatic rings. The zero-order chi connectivity index (χ0) is 17.7. The molecule has 1 N–H and O–H groups in total. The first-order valence-electron chi connectivity index (χ1n) is 8.26. The fraction of sp³-hybridized carbons (Fsp3) is 0.136. The summed E-state index contributed by atoms with van der Waals surface area (Å²) in [6, 6.07) is 26.7. The number of carbonyl (C=O) groups excluding carboxylic acids is 1. The number of rotatable bonds is 5. The number of hydrogen-bond donors (Lipinski definition) is 1. The smallest absolute Gasteiger partial charge is 0.234 e. The summed E-state index contributed by atoms with van der Waals surface area (Å²) < 4.78 is 5.91. The maximum atomic E-state index is 12.9. The van der Waals surface area contributed by atoms with Crippen LogP contribution in [0.5, 0.6) is 11.5 Å². The van der Waals surface area contributed by atoms with Crippen molar-refractivity contribution in [1.82, 2.24) is 0 Å². The van der Waals surface area contributed by atoms with Gasteiger partial charge in [0.1, 0.15) is 5.75 Å². The molecule has 0 saturated carbocycles. The Balaban J connectivity index is 1.82. The maximum absolute atomic E-state index is 12.9. The van der Waals surface area contributed by atoms with E-state index in [4.69, 9.17) is 4.74 Å². The SMILES string of the molecule is CC(C)(C(=O)Nc1ccccc1Oc1ccccc1)c1ccccc1. The van der Waals surface area contributed by atoms with Crippen molar-refractivity contribution in [2.24, 2.45) is 0 Å². The monoisotopic (exact) mass is 331 g/mol. The lowest BCUT2D eigenvalue weighted by Gasteiger charge is -2.24. The molecule has 0 aromatic heterocycles. The van der Waals surface area contributed by atoms with Gasteiger partial charge in [0.2, 0.25) is 5.91 Å². The first-order valence-corrected chi connectivity index (χ1v) is 8.26. The fourth-order valence-corrected chi connectivity index (χ4v) is 2.54. The molecule has 0 bridgehead atoms. The molecular formula is C22H21NO2. The second-order valence-corrected chi connectivity index (χ2v) is 6.36. The summed E-state index contributed by atoms with van der Waals surface area (Å²) in [6.07, 6.45) is 0. The lowest BCUT2D eigenvalue weighted by molar-refractivity contribution is -0.120. The molecule has 0 aliphatic carbocycles. The summed E-state index contributed by atoms with van der Waals surface area (Å²) in [5, 5.41) is 3.01. The highest BCUT2D eigenvalue weighted by Gasteiger charge is 2.30. The van der Waals surface area contributed by atoms with Gasteiger partial charge in [-0.2, -0.15) is 0 Å². The highest BCUT2D eigenvalue weighted by molar-refractivity contribution is 5.99. The average Bonchev–Trinajstić information content (AvgIpc) is 2.65. The van der Waals surface area contributed by atoms with Crippen LogP contribution in [0.1, 0.15) is 19.4 Å². The van der Waals surface area contributed by atoms with Crippen LogP contribution in [0.2, 0.25) is 0 Å². The average molecular weight is 331 g/mol. The van der Waals surface area contributed by atoms with E-state index in [1.165, 1.54) is 0 Å². The molecule has 1 amide bonds. The molecule has 3 heteroatoms. The number of nitrogens with one attached hydrogen (secondary N) is 1. The van der Waals surface area contributed by atoms with E-state index in [1.807, 2.05) is 98.8 Å². The fourth-order valence-electron chi connectivity index (χ4n) is 2.54. The largest absolute Gasteiger partial charge is 0.455 e. The number of benzene rings is 3. The van der Waals surface area contributed by atoms with Crippen molar-refractivity contribution < 1.29 is 9.53 Å². The Labute approximate surface area is 148 Å². The molecule has 0 atom stereocenters. The van der Waals surface area contributed by atoms with E-state index < -0.39 is 5.41 Å². The molecule has 0 spiro atoms. The molecule has 3 rings (SSSR count). The summed E-state index contributed by atoms with van der Waals surface area (Å²) in [7, 11) is 0. The molecule has 3 nitrogen and oxygen atoms in total. The van der Waals surface area contributed by atoms with E-state index >= 15 is 0 Å². The van der Waals surface area contributed by atoms with Crippen LogP contribution < -0.4 is 10.1 Å². The van der Waals surface area contributed by atoms with Crippen LogP contribution in [0.15, 0.2) is 84.9 Å². The second kappa shape index (κ2) is 7.22. The van der Waals surface area contributed by atoms with E-state index in [9.17, 15) is 4.79 Å². The van der Waals surface area contributed by atoms with Gasteiger partial charge in [-0.3, -0.25) is 4.79 Å². The van der Waals surface area contributed by atoms with Gasteiger partial charge in [0.05, 0.1) is 11.1 Å². The van der Waals surface area contributed by atoms with Crippen LogP contribution in [0.25, 0.3) is 0 Å². The minimum Gasteiger partial charge on any atom is -0.455 e. The standard InChI is InChI=1S/C22H21NO2/c1-22(2,17-11-5-3-6-12-17)21(24)23-19-15-9-10-16-20(19)25-18-13-7-4-8-14-18/h3-16H,1-2H3,(H,23,24). The molecule has 3 aromatic carbocycles. The molecule has 0 saturated heterocycles. The van der Waals surface area contributed by atoms with Gasteiger partial charge >= 0.3 is 0 Å². The quantitative estimate of drug-likeness (QED) is 0.680. The molecule has 3 aromatic rings. The van der Waals surface area contributed by atoms with Crippen LogP contribution in [-0.2, 0) is 10.2 Å². The number of ether oxygens (including phenoxy) is 1. The van der Waals surface area contributed by atoms with Gasteiger partial charge < -0.3 is 10.1 Å². The second-order valence-electron chi connectivity index (χ2n) is 6.36. The number of hydrogen-bond acceptors (Lipinski definition) is 2. The van der Waals surface area contributed by atoms with Gasteiger partial charge in [-0.15, -0.1) is 0 Å². The van der Waals surface area contributed by atoms with Crippen molar-refractivity contribution in [3.8, 4) is 11.5 Å². The number of carbonyl (C=O) groups is 1. The summed E-state index contributed by atoms with van der Waals surface area (Å²) in [5.74, 6) is 1.26. The molecule has 126 valence electrons. The van der Waals surface area contributed by atoms with Crippen molar-refractivity contribution in [3.05, 3.63) is 90.5 Å². The minimum atomic E-state index is -0.652. The van der Waals surface area contributed by atoms with Gasteiger partial charge in [0.25, 0.3) is 0 Å². The molecule has 0 unspecified atom stereocenters.